The van der Waals surface area contributed by atoms with Gasteiger partial charge in [0.15, 0.2) is 5.82 Å². The fourth-order valence-corrected chi connectivity index (χ4v) is 5.86. The van der Waals surface area contributed by atoms with E-state index in [1.807, 2.05) is 84.3 Å². The number of pyridine rings is 1. The first-order valence-corrected chi connectivity index (χ1v) is 16.3. The van der Waals surface area contributed by atoms with E-state index in [0.717, 1.165) is 52.1 Å². The standard InChI is InChI=1S/C35H37N9O2S/c1-5-6-9-25-19-32(44(42-25)34-15-12-23(2)47-34)41-35(45)38-28-13-14-29(27-11-8-7-10-26(27)28)46-22-24-16-17-37-30(18-24)39-31-20-36-21-33(40-31)43(3)4/h7-8,10-21H,5-6,9,22H2,1-4H3,(H,37,39,40)(H2,38,41,45). The maximum atomic E-state index is 13.3. The van der Waals surface area contributed by atoms with Crippen LogP contribution in [0.4, 0.5) is 33.8 Å². The molecule has 4 heterocycles. The van der Waals surface area contributed by atoms with Crippen LogP contribution in [0.2, 0.25) is 0 Å². The number of fused-ring (bicyclic) bond motifs is 1. The Kier molecular flexibility index (Phi) is 9.58. The number of nitrogens with one attached hydrogen (secondary N) is 3. The number of aromatic nitrogens is 5. The number of carbonyl (C=O) groups excluding carboxylic acids is 1. The number of thiophene rings is 1. The van der Waals surface area contributed by atoms with E-state index in [-0.39, 0.29) is 6.03 Å². The van der Waals surface area contributed by atoms with Gasteiger partial charge >= 0.3 is 6.03 Å². The van der Waals surface area contributed by atoms with Crippen molar-refractivity contribution in [2.24, 2.45) is 0 Å². The molecular weight excluding hydrogens is 611 g/mol. The van der Waals surface area contributed by atoms with E-state index >= 15 is 0 Å². The Morgan fingerprint density at radius 3 is 2.62 bits per heavy atom. The number of carbonyl (C=O) groups is 1. The lowest BCUT2D eigenvalue weighted by atomic mass is 10.1. The van der Waals surface area contributed by atoms with Crippen molar-refractivity contribution in [1.29, 1.82) is 0 Å². The number of hydrogen-bond acceptors (Lipinski definition) is 9. The largest absolute Gasteiger partial charge is 0.488 e. The van der Waals surface area contributed by atoms with Gasteiger partial charge in [0.25, 0.3) is 0 Å². The van der Waals surface area contributed by atoms with Crippen LogP contribution in [0.25, 0.3) is 15.8 Å². The molecule has 0 aliphatic rings. The minimum atomic E-state index is -0.349. The van der Waals surface area contributed by atoms with Gasteiger partial charge in [-0.2, -0.15) is 5.10 Å². The lowest BCUT2D eigenvalue weighted by Crippen LogP contribution is -2.21. The van der Waals surface area contributed by atoms with E-state index in [1.54, 1.807) is 29.9 Å². The number of hydrogen-bond donors (Lipinski definition) is 3. The van der Waals surface area contributed by atoms with Crippen molar-refractivity contribution in [2.75, 3.05) is 34.9 Å². The summed E-state index contributed by atoms with van der Waals surface area (Å²) in [6.07, 6.45) is 8.05. The third kappa shape index (κ3) is 7.67. The van der Waals surface area contributed by atoms with Crippen LogP contribution in [0.1, 0.15) is 35.9 Å². The van der Waals surface area contributed by atoms with Crippen LogP contribution < -0.4 is 25.6 Å². The highest BCUT2D eigenvalue weighted by molar-refractivity contribution is 7.14. The third-order valence-corrected chi connectivity index (χ3v) is 8.39. The van der Waals surface area contributed by atoms with E-state index in [2.05, 4.69) is 50.8 Å². The molecule has 4 aromatic heterocycles. The number of unbranched alkanes of at least 4 members (excludes halogenated alkanes) is 1. The van der Waals surface area contributed by atoms with Crippen molar-refractivity contribution in [1.82, 2.24) is 24.7 Å². The molecule has 6 aromatic rings. The number of amides is 2. The molecule has 6 rings (SSSR count). The molecule has 0 saturated carbocycles. The minimum Gasteiger partial charge on any atom is -0.488 e. The minimum absolute atomic E-state index is 0.324. The van der Waals surface area contributed by atoms with Crippen molar-refractivity contribution in [2.45, 2.75) is 39.7 Å². The average Bonchev–Trinajstić information content (AvgIpc) is 3.69. The molecule has 0 aliphatic carbocycles. The van der Waals surface area contributed by atoms with E-state index in [4.69, 9.17) is 9.84 Å². The molecular formula is C35H37N9O2S. The quantitative estimate of drug-likeness (QED) is 0.122. The maximum absolute atomic E-state index is 13.3. The Morgan fingerprint density at radius 1 is 0.979 bits per heavy atom. The summed E-state index contributed by atoms with van der Waals surface area (Å²) in [7, 11) is 3.83. The van der Waals surface area contributed by atoms with Crippen molar-refractivity contribution in [3.05, 3.63) is 101 Å². The fraction of sp³-hybridized carbons (Fsp3) is 0.229. The Morgan fingerprint density at radius 2 is 1.83 bits per heavy atom. The van der Waals surface area contributed by atoms with Gasteiger partial charge in [0.2, 0.25) is 0 Å². The number of benzene rings is 2. The summed E-state index contributed by atoms with van der Waals surface area (Å²) >= 11 is 1.63. The predicted molar refractivity (Wildman–Crippen MR) is 190 cm³/mol. The number of rotatable bonds is 12. The van der Waals surface area contributed by atoms with Gasteiger partial charge in [-0.25, -0.2) is 19.4 Å². The summed E-state index contributed by atoms with van der Waals surface area (Å²) in [5.41, 5.74) is 2.55. The Labute approximate surface area is 277 Å². The Balaban J connectivity index is 1.16. The highest BCUT2D eigenvalue weighted by Crippen LogP contribution is 2.33. The molecule has 11 nitrogen and oxygen atoms in total. The zero-order valence-electron chi connectivity index (χ0n) is 26.8. The number of urea groups is 1. The summed E-state index contributed by atoms with van der Waals surface area (Å²) < 4.78 is 8.10. The molecule has 240 valence electrons. The topological polar surface area (TPSA) is 122 Å². The normalized spacial score (nSPS) is 11.0. The van der Waals surface area contributed by atoms with Gasteiger partial charge in [-0.05, 0) is 61.7 Å². The van der Waals surface area contributed by atoms with Gasteiger partial charge in [0.1, 0.15) is 34.8 Å². The monoisotopic (exact) mass is 647 g/mol. The van der Waals surface area contributed by atoms with E-state index < -0.39 is 0 Å². The summed E-state index contributed by atoms with van der Waals surface area (Å²) in [4.78, 5) is 29.6. The summed E-state index contributed by atoms with van der Waals surface area (Å²) in [5, 5.41) is 16.8. The van der Waals surface area contributed by atoms with E-state index in [9.17, 15) is 4.79 Å². The van der Waals surface area contributed by atoms with Crippen LogP contribution in [0.3, 0.4) is 0 Å². The molecule has 0 saturated heterocycles. The van der Waals surface area contributed by atoms with Gasteiger partial charge in [-0.3, -0.25) is 10.3 Å². The van der Waals surface area contributed by atoms with Crippen LogP contribution in [-0.4, -0.2) is 44.9 Å². The van der Waals surface area contributed by atoms with Gasteiger partial charge in [0, 0.05) is 42.0 Å². The second kappa shape index (κ2) is 14.3. The van der Waals surface area contributed by atoms with E-state index in [0.29, 0.717) is 35.5 Å². The molecule has 12 heteroatoms. The summed E-state index contributed by atoms with van der Waals surface area (Å²) in [5.74, 6) is 3.31. The number of aryl methyl sites for hydroxylation is 2. The highest BCUT2D eigenvalue weighted by atomic mass is 32.1. The second-order valence-corrected chi connectivity index (χ2v) is 12.5. The molecule has 0 aliphatic heterocycles. The first kappa shape index (κ1) is 31.5. The van der Waals surface area contributed by atoms with Crippen LogP contribution in [-0.2, 0) is 13.0 Å². The van der Waals surface area contributed by atoms with Gasteiger partial charge in [0.05, 0.1) is 23.8 Å². The van der Waals surface area contributed by atoms with Crippen LogP contribution in [0.15, 0.2) is 85.3 Å². The smallest absolute Gasteiger partial charge is 0.324 e. The second-order valence-electron chi connectivity index (χ2n) is 11.3. The first-order valence-electron chi connectivity index (χ1n) is 15.5. The van der Waals surface area contributed by atoms with Gasteiger partial charge in [-0.15, -0.1) is 11.3 Å². The maximum Gasteiger partial charge on any atom is 0.324 e. The van der Waals surface area contributed by atoms with Crippen molar-refractivity contribution in [3.8, 4) is 10.8 Å². The fourth-order valence-electron chi connectivity index (χ4n) is 5.03. The highest BCUT2D eigenvalue weighted by Gasteiger charge is 2.16. The lowest BCUT2D eigenvalue weighted by molar-refractivity contribution is 0.262. The van der Waals surface area contributed by atoms with Crippen molar-refractivity contribution in [3.63, 3.8) is 0 Å². The number of anilines is 5. The predicted octanol–water partition coefficient (Wildman–Crippen LogP) is 7.96. The zero-order valence-corrected chi connectivity index (χ0v) is 27.6. The van der Waals surface area contributed by atoms with Crippen molar-refractivity contribution >= 4 is 57.1 Å². The SMILES string of the molecule is CCCCc1cc(NC(=O)Nc2ccc(OCc3ccnc(Nc4cncc(N(C)C)n4)c3)c3ccccc23)n(-c2ccc(C)s2)n1. The van der Waals surface area contributed by atoms with E-state index in [1.165, 1.54) is 4.88 Å². The molecule has 0 fully saturated rings. The molecule has 47 heavy (non-hydrogen) atoms. The zero-order chi connectivity index (χ0) is 32.8. The molecule has 0 bridgehead atoms. The average molecular weight is 648 g/mol. The molecule has 3 N–H and O–H groups in total. The van der Waals surface area contributed by atoms with Crippen LogP contribution in [0.5, 0.6) is 5.75 Å². The molecule has 0 spiro atoms. The van der Waals surface area contributed by atoms with Crippen LogP contribution in [0, 0.1) is 6.92 Å². The molecule has 0 atom stereocenters. The third-order valence-electron chi connectivity index (χ3n) is 7.41. The summed E-state index contributed by atoms with van der Waals surface area (Å²) in [6.45, 7) is 4.54. The van der Waals surface area contributed by atoms with Crippen molar-refractivity contribution < 1.29 is 9.53 Å². The number of ether oxygens (including phenoxy) is 1. The Bertz CT molecular complexity index is 2000. The lowest BCUT2D eigenvalue weighted by Gasteiger charge is -2.15. The molecule has 2 amide bonds. The molecule has 2 aromatic carbocycles. The number of nitrogens with zero attached hydrogens (tertiary/aromatic N) is 6. The van der Waals surface area contributed by atoms with Gasteiger partial charge < -0.3 is 20.3 Å². The summed E-state index contributed by atoms with van der Waals surface area (Å²) in [6, 6.07) is 21.1. The molecule has 0 radical (unpaired) electrons. The Hall–Kier alpha value is -5.49. The molecule has 0 unspecified atom stereocenters. The van der Waals surface area contributed by atoms with Crippen LogP contribution >= 0.6 is 11.3 Å². The van der Waals surface area contributed by atoms with Gasteiger partial charge in [-0.1, -0.05) is 37.6 Å². The first-order chi connectivity index (χ1) is 22.9.